The van der Waals surface area contributed by atoms with Crippen LogP contribution in [-0.2, 0) is 16.8 Å². The standard InChI is InChI=1S/C43H40N6O2S/c1-3-5-29-48(42-44-30-39(52-42)41(50)51-4-2)31-32-25-27-33(28-26-32)37-23-15-16-24-38(37)40-45-46-47-49(40)43(34-17-9-6-10-18-34,35-19-11-7-12-20-35)36-21-13-8-14-22-36/h6-28,30H,3-5,29,31H2,1-2H3. The zero-order valence-corrected chi connectivity index (χ0v) is 30.1. The van der Waals surface area contributed by atoms with Crippen molar-refractivity contribution in [3.63, 3.8) is 0 Å². The Morgan fingerprint density at radius 2 is 1.33 bits per heavy atom. The second-order valence-corrected chi connectivity index (χ2v) is 13.5. The zero-order chi connectivity index (χ0) is 35.8. The largest absolute Gasteiger partial charge is 0.462 e. The number of benzene rings is 5. The van der Waals surface area contributed by atoms with Gasteiger partial charge in [0.25, 0.3) is 0 Å². The molecule has 5 aromatic carbocycles. The molecule has 0 radical (unpaired) electrons. The molecule has 0 aliphatic rings. The maximum atomic E-state index is 12.3. The predicted molar refractivity (Wildman–Crippen MR) is 207 cm³/mol. The first-order chi connectivity index (χ1) is 25.6. The molecule has 2 heterocycles. The Hall–Kier alpha value is -5.93. The Morgan fingerprint density at radius 3 is 1.90 bits per heavy atom. The molecule has 9 heteroatoms. The second kappa shape index (κ2) is 16.0. The Bertz CT molecular complexity index is 2110. The fourth-order valence-corrected chi connectivity index (χ4v) is 7.56. The van der Waals surface area contributed by atoms with E-state index in [1.54, 1.807) is 6.20 Å². The third kappa shape index (κ3) is 6.87. The highest BCUT2D eigenvalue weighted by molar-refractivity contribution is 7.17. The highest BCUT2D eigenvalue weighted by Gasteiger charge is 2.42. The van der Waals surface area contributed by atoms with Crippen LogP contribution in [-0.4, -0.2) is 44.3 Å². The molecule has 52 heavy (non-hydrogen) atoms. The fourth-order valence-electron chi connectivity index (χ4n) is 6.72. The SMILES string of the molecule is CCCCN(Cc1ccc(-c2ccccc2-c2nnnn2C(c2ccccc2)(c2ccccc2)c2ccccc2)cc1)c1ncc(C(=O)OCC)s1. The van der Waals surface area contributed by atoms with E-state index in [1.165, 1.54) is 11.3 Å². The molecule has 0 N–H and O–H groups in total. The van der Waals surface area contributed by atoms with E-state index in [4.69, 9.17) is 15.0 Å². The quantitative estimate of drug-likeness (QED) is 0.0824. The molecule has 260 valence electrons. The lowest BCUT2D eigenvalue weighted by Gasteiger charge is -2.36. The number of tetrazole rings is 1. The molecular formula is C43H40N6O2S. The summed E-state index contributed by atoms with van der Waals surface area (Å²) in [5.41, 5.74) is 6.43. The Labute approximate surface area is 308 Å². The minimum absolute atomic E-state index is 0.329. The number of unbranched alkanes of at least 4 members (excludes halogenated alkanes) is 1. The molecule has 7 aromatic rings. The van der Waals surface area contributed by atoms with Crippen LogP contribution in [0, 0.1) is 0 Å². The third-order valence-electron chi connectivity index (χ3n) is 9.19. The number of esters is 1. The summed E-state index contributed by atoms with van der Waals surface area (Å²) in [5, 5.41) is 14.6. The lowest BCUT2D eigenvalue weighted by molar-refractivity contribution is 0.0532. The van der Waals surface area contributed by atoms with Gasteiger partial charge in [0.1, 0.15) is 10.4 Å². The van der Waals surface area contributed by atoms with Crippen molar-refractivity contribution >= 4 is 22.4 Å². The van der Waals surface area contributed by atoms with Crippen molar-refractivity contribution in [2.45, 2.75) is 38.8 Å². The van der Waals surface area contributed by atoms with E-state index < -0.39 is 5.54 Å². The minimum Gasteiger partial charge on any atom is -0.462 e. The van der Waals surface area contributed by atoms with Gasteiger partial charge in [0.2, 0.25) is 0 Å². The van der Waals surface area contributed by atoms with Gasteiger partial charge in [0.05, 0.1) is 12.8 Å². The van der Waals surface area contributed by atoms with E-state index in [0.29, 0.717) is 23.9 Å². The van der Waals surface area contributed by atoms with Crippen LogP contribution in [0.1, 0.15) is 58.6 Å². The highest BCUT2D eigenvalue weighted by Crippen LogP contribution is 2.43. The molecule has 0 saturated heterocycles. The number of thiazole rings is 1. The van der Waals surface area contributed by atoms with Crippen LogP contribution in [0.25, 0.3) is 22.5 Å². The lowest BCUT2D eigenvalue weighted by atomic mass is 9.77. The average molecular weight is 705 g/mol. The molecule has 0 fully saturated rings. The first-order valence-corrected chi connectivity index (χ1v) is 18.5. The van der Waals surface area contributed by atoms with Crippen LogP contribution in [0.3, 0.4) is 0 Å². The van der Waals surface area contributed by atoms with Crippen LogP contribution >= 0.6 is 11.3 Å². The molecule has 0 saturated carbocycles. The van der Waals surface area contributed by atoms with Gasteiger partial charge in [-0.2, -0.15) is 0 Å². The van der Waals surface area contributed by atoms with Crippen molar-refractivity contribution in [1.29, 1.82) is 0 Å². The number of hydrogen-bond donors (Lipinski definition) is 0. The van der Waals surface area contributed by atoms with E-state index in [0.717, 1.165) is 63.5 Å². The topological polar surface area (TPSA) is 86.0 Å². The molecule has 0 spiro atoms. The molecule has 8 nitrogen and oxygen atoms in total. The van der Waals surface area contributed by atoms with Crippen molar-refractivity contribution in [3.05, 3.63) is 173 Å². The van der Waals surface area contributed by atoms with E-state index in [1.807, 2.05) is 35.9 Å². The number of aromatic nitrogens is 5. The summed E-state index contributed by atoms with van der Waals surface area (Å²) in [6.45, 7) is 5.83. The van der Waals surface area contributed by atoms with Crippen molar-refractivity contribution in [2.24, 2.45) is 0 Å². The van der Waals surface area contributed by atoms with Gasteiger partial charge < -0.3 is 9.64 Å². The van der Waals surface area contributed by atoms with Crippen molar-refractivity contribution in [3.8, 4) is 22.5 Å². The fraction of sp³-hybridized carbons (Fsp3) is 0.186. The number of carbonyl (C=O) groups excluding carboxylic acids is 1. The van der Waals surface area contributed by atoms with Crippen molar-refractivity contribution < 1.29 is 9.53 Å². The van der Waals surface area contributed by atoms with Crippen LogP contribution in [0.5, 0.6) is 0 Å². The normalized spacial score (nSPS) is 11.3. The second-order valence-electron chi connectivity index (χ2n) is 12.5. The van der Waals surface area contributed by atoms with Crippen LogP contribution in [0.2, 0.25) is 0 Å². The summed E-state index contributed by atoms with van der Waals surface area (Å²) in [6, 6.07) is 48.3. The molecular weight excluding hydrogens is 665 g/mol. The molecule has 2 aromatic heterocycles. The van der Waals surface area contributed by atoms with Crippen LogP contribution in [0.15, 0.2) is 146 Å². The summed E-state index contributed by atoms with van der Waals surface area (Å²) in [4.78, 5) is 19.7. The zero-order valence-electron chi connectivity index (χ0n) is 29.3. The molecule has 0 atom stereocenters. The van der Waals surface area contributed by atoms with E-state index in [2.05, 4.69) is 137 Å². The first kappa shape index (κ1) is 34.5. The van der Waals surface area contributed by atoms with E-state index in [-0.39, 0.29) is 5.97 Å². The maximum absolute atomic E-state index is 12.3. The monoisotopic (exact) mass is 704 g/mol. The minimum atomic E-state index is -0.857. The number of anilines is 1. The number of ether oxygens (including phenoxy) is 1. The molecule has 0 amide bonds. The van der Waals surface area contributed by atoms with Crippen molar-refractivity contribution in [1.82, 2.24) is 25.2 Å². The van der Waals surface area contributed by atoms with E-state index in [9.17, 15) is 4.79 Å². The van der Waals surface area contributed by atoms with Gasteiger partial charge in [-0.3, -0.25) is 0 Å². The average Bonchev–Trinajstić information content (AvgIpc) is 3.90. The molecule has 0 aliphatic carbocycles. The predicted octanol–water partition coefficient (Wildman–Crippen LogP) is 9.29. The Morgan fingerprint density at radius 1 is 0.750 bits per heavy atom. The lowest BCUT2D eigenvalue weighted by Crippen LogP contribution is -2.39. The van der Waals surface area contributed by atoms with Gasteiger partial charge in [0, 0.05) is 18.7 Å². The van der Waals surface area contributed by atoms with Crippen LogP contribution < -0.4 is 4.90 Å². The highest BCUT2D eigenvalue weighted by atomic mass is 32.1. The molecule has 0 unspecified atom stereocenters. The van der Waals surface area contributed by atoms with E-state index >= 15 is 0 Å². The third-order valence-corrected chi connectivity index (χ3v) is 10.2. The smallest absolute Gasteiger partial charge is 0.350 e. The summed E-state index contributed by atoms with van der Waals surface area (Å²) in [7, 11) is 0. The van der Waals surface area contributed by atoms with Gasteiger partial charge in [0.15, 0.2) is 11.0 Å². The number of carbonyl (C=O) groups is 1. The summed E-state index contributed by atoms with van der Waals surface area (Å²) in [5.74, 6) is 0.326. The maximum Gasteiger partial charge on any atom is 0.350 e. The van der Waals surface area contributed by atoms with Gasteiger partial charge >= 0.3 is 5.97 Å². The van der Waals surface area contributed by atoms with Crippen LogP contribution in [0.4, 0.5) is 5.13 Å². The first-order valence-electron chi connectivity index (χ1n) is 17.7. The van der Waals surface area contributed by atoms with Gasteiger partial charge in [-0.05, 0) is 57.2 Å². The van der Waals surface area contributed by atoms with Crippen molar-refractivity contribution in [2.75, 3.05) is 18.1 Å². The molecule has 7 rings (SSSR count). The summed E-state index contributed by atoms with van der Waals surface area (Å²) < 4.78 is 7.18. The summed E-state index contributed by atoms with van der Waals surface area (Å²) >= 11 is 1.38. The van der Waals surface area contributed by atoms with Gasteiger partial charge in [-0.25, -0.2) is 14.5 Å². The Kier molecular flexibility index (Phi) is 10.6. The Balaban J connectivity index is 1.28. The number of hydrogen-bond acceptors (Lipinski definition) is 8. The van der Waals surface area contributed by atoms with Gasteiger partial charge in [-0.15, -0.1) is 5.10 Å². The molecule has 0 aliphatic heterocycles. The number of rotatable bonds is 14. The molecule has 0 bridgehead atoms. The van der Waals surface area contributed by atoms with Gasteiger partial charge in [-0.1, -0.05) is 164 Å². The number of nitrogens with zero attached hydrogens (tertiary/aromatic N) is 6. The summed E-state index contributed by atoms with van der Waals surface area (Å²) in [6.07, 6.45) is 3.69.